The lowest BCUT2D eigenvalue weighted by Crippen LogP contribution is -2.52. The van der Waals surface area contributed by atoms with Crippen molar-refractivity contribution in [3.63, 3.8) is 0 Å². The number of hydrogen-bond donors (Lipinski definition) is 1. The van der Waals surface area contributed by atoms with Gasteiger partial charge in [0, 0.05) is 31.6 Å². The van der Waals surface area contributed by atoms with E-state index in [2.05, 4.69) is 12.1 Å². The van der Waals surface area contributed by atoms with Crippen LogP contribution in [0.2, 0.25) is 0 Å². The molecule has 29 heavy (non-hydrogen) atoms. The van der Waals surface area contributed by atoms with Crippen LogP contribution in [-0.2, 0) is 16.4 Å². The van der Waals surface area contributed by atoms with E-state index in [1.165, 1.54) is 9.87 Å². The highest BCUT2D eigenvalue weighted by Gasteiger charge is 2.31. The van der Waals surface area contributed by atoms with Crippen molar-refractivity contribution in [2.24, 2.45) is 0 Å². The van der Waals surface area contributed by atoms with E-state index in [1.807, 2.05) is 53.4 Å². The molecule has 1 heterocycles. The van der Waals surface area contributed by atoms with E-state index in [0.717, 1.165) is 17.2 Å². The van der Waals surface area contributed by atoms with Gasteiger partial charge in [0.25, 0.3) is 0 Å². The summed E-state index contributed by atoms with van der Waals surface area (Å²) in [6.45, 7) is 1.82. The largest absolute Gasteiger partial charge is 0.378 e. The number of rotatable bonds is 6. The van der Waals surface area contributed by atoms with E-state index in [0.29, 0.717) is 37.5 Å². The molecule has 152 valence electrons. The summed E-state index contributed by atoms with van der Waals surface area (Å²) in [5, 5.41) is 12.2. The Kier molecular flexibility index (Phi) is 5.96. The highest BCUT2D eigenvalue weighted by atomic mass is 32.2. The second-order valence-electron chi connectivity index (χ2n) is 7.42. The third kappa shape index (κ3) is 4.36. The van der Waals surface area contributed by atoms with Crippen molar-refractivity contribution in [2.45, 2.75) is 24.0 Å². The van der Waals surface area contributed by atoms with E-state index in [1.54, 1.807) is 12.1 Å². The number of sulfonamides is 1. The van der Waals surface area contributed by atoms with Gasteiger partial charge in [-0.05, 0) is 29.9 Å². The molecule has 5 nitrogen and oxygen atoms in total. The Balaban J connectivity index is 1.41. The Morgan fingerprint density at radius 3 is 2.24 bits per heavy atom. The number of benzene rings is 3. The van der Waals surface area contributed by atoms with Crippen LogP contribution < -0.4 is 0 Å². The number of aryl methyl sites for hydroxylation is 1. The lowest BCUT2D eigenvalue weighted by atomic mass is 10.1. The minimum Gasteiger partial charge on any atom is -0.378 e. The molecule has 6 heteroatoms. The fourth-order valence-corrected chi connectivity index (χ4v) is 5.56. The van der Waals surface area contributed by atoms with Gasteiger partial charge in [-0.2, -0.15) is 4.31 Å². The topological polar surface area (TPSA) is 60.9 Å². The SMILES string of the molecule is O=S(=O)(c1cccc2ccccc12)N1CCN(C(O)CCc2ccccc2)CC1. The molecule has 4 rings (SSSR count). The third-order valence-corrected chi connectivity index (χ3v) is 7.55. The van der Waals surface area contributed by atoms with Crippen LogP contribution in [0.15, 0.2) is 77.7 Å². The van der Waals surface area contributed by atoms with Crippen molar-refractivity contribution in [3.05, 3.63) is 78.4 Å². The van der Waals surface area contributed by atoms with Gasteiger partial charge in [0.05, 0.1) is 4.90 Å². The van der Waals surface area contributed by atoms with Crippen molar-refractivity contribution >= 4 is 20.8 Å². The first kappa shape index (κ1) is 20.0. The minimum absolute atomic E-state index is 0.355. The molecule has 3 aromatic carbocycles. The number of nitrogens with zero attached hydrogens (tertiary/aromatic N) is 2. The molecule has 0 amide bonds. The van der Waals surface area contributed by atoms with Crippen molar-refractivity contribution in [3.8, 4) is 0 Å². The van der Waals surface area contributed by atoms with Crippen molar-refractivity contribution in [1.29, 1.82) is 0 Å². The van der Waals surface area contributed by atoms with E-state index < -0.39 is 16.3 Å². The standard InChI is InChI=1S/C23H26N2O3S/c26-23(14-13-19-7-2-1-3-8-19)24-15-17-25(18-16-24)29(27,28)22-12-6-10-20-9-4-5-11-21(20)22/h1-12,23,26H,13-18H2. The molecule has 1 N–H and O–H groups in total. The second kappa shape index (κ2) is 8.63. The van der Waals surface area contributed by atoms with Gasteiger partial charge in [0.1, 0.15) is 6.23 Å². The highest BCUT2D eigenvalue weighted by Crippen LogP contribution is 2.26. The van der Waals surface area contributed by atoms with Crippen LogP contribution in [0.1, 0.15) is 12.0 Å². The zero-order valence-electron chi connectivity index (χ0n) is 16.3. The Labute approximate surface area is 172 Å². The fraction of sp³-hybridized carbons (Fsp3) is 0.304. The van der Waals surface area contributed by atoms with E-state index in [4.69, 9.17) is 0 Å². The number of piperazine rings is 1. The summed E-state index contributed by atoms with van der Waals surface area (Å²) >= 11 is 0. The molecule has 0 aliphatic carbocycles. The van der Waals surface area contributed by atoms with Crippen LogP contribution in [-0.4, -0.2) is 55.1 Å². The van der Waals surface area contributed by atoms with Crippen LogP contribution >= 0.6 is 0 Å². The maximum Gasteiger partial charge on any atom is 0.243 e. The van der Waals surface area contributed by atoms with Gasteiger partial charge in [-0.25, -0.2) is 8.42 Å². The second-order valence-corrected chi connectivity index (χ2v) is 9.33. The molecule has 1 atom stereocenters. The molecule has 1 aliphatic heterocycles. The molecule has 0 aromatic heterocycles. The summed E-state index contributed by atoms with van der Waals surface area (Å²) in [7, 11) is -3.57. The van der Waals surface area contributed by atoms with Crippen LogP contribution in [0.3, 0.4) is 0 Å². The lowest BCUT2D eigenvalue weighted by molar-refractivity contribution is -0.0187. The Bertz CT molecular complexity index is 1060. The maximum atomic E-state index is 13.2. The zero-order chi connectivity index (χ0) is 20.3. The number of aliphatic hydroxyl groups excluding tert-OH is 1. The molecule has 1 fully saturated rings. The van der Waals surface area contributed by atoms with Crippen LogP contribution in [0.5, 0.6) is 0 Å². The van der Waals surface area contributed by atoms with E-state index in [-0.39, 0.29) is 0 Å². The van der Waals surface area contributed by atoms with E-state index >= 15 is 0 Å². The summed E-state index contributed by atoms with van der Waals surface area (Å²) in [6.07, 6.45) is 0.883. The Morgan fingerprint density at radius 1 is 0.828 bits per heavy atom. The molecule has 3 aromatic rings. The fourth-order valence-electron chi connectivity index (χ4n) is 3.92. The van der Waals surface area contributed by atoms with Crippen LogP contribution in [0.25, 0.3) is 10.8 Å². The monoisotopic (exact) mass is 410 g/mol. The molecule has 1 aliphatic rings. The molecule has 1 unspecified atom stereocenters. The molecular formula is C23H26N2O3S. The van der Waals surface area contributed by atoms with Crippen molar-refractivity contribution in [1.82, 2.24) is 9.21 Å². The predicted molar refractivity (Wildman–Crippen MR) is 115 cm³/mol. The Hall–Kier alpha value is -2.25. The quantitative estimate of drug-likeness (QED) is 0.678. The van der Waals surface area contributed by atoms with Gasteiger partial charge in [-0.3, -0.25) is 4.90 Å². The number of hydrogen-bond acceptors (Lipinski definition) is 4. The predicted octanol–water partition coefficient (Wildman–Crippen LogP) is 3.10. The summed E-state index contributed by atoms with van der Waals surface area (Å²) in [5.41, 5.74) is 1.20. The first-order chi connectivity index (χ1) is 14.1. The van der Waals surface area contributed by atoms with Gasteiger partial charge in [-0.1, -0.05) is 66.7 Å². The summed E-state index contributed by atoms with van der Waals surface area (Å²) in [6, 6.07) is 23.0. The lowest BCUT2D eigenvalue weighted by Gasteiger charge is -2.36. The summed E-state index contributed by atoms with van der Waals surface area (Å²) in [4.78, 5) is 2.33. The Morgan fingerprint density at radius 2 is 1.48 bits per heavy atom. The molecule has 0 radical (unpaired) electrons. The van der Waals surface area contributed by atoms with Gasteiger partial charge in [0.2, 0.25) is 10.0 Å². The average molecular weight is 411 g/mol. The first-order valence-corrected chi connectivity index (χ1v) is 11.4. The van der Waals surface area contributed by atoms with Crippen LogP contribution in [0, 0.1) is 0 Å². The maximum absolute atomic E-state index is 13.2. The van der Waals surface area contributed by atoms with Crippen LogP contribution in [0.4, 0.5) is 0 Å². The number of fused-ring (bicyclic) bond motifs is 1. The summed E-state index contributed by atoms with van der Waals surface area (Å²) < 4.78 is 28.0. The van der Waals surface area contributed by atoms with E-state index in [9.17, 15) is 13.5 Å². The summed E-state index contributed by atoms with van der Waals surface area (Å²) in [5.74, 6) is 0. The molecule has 0 bridgehead atoms. The molecular weight excluding hydrogens is 384 g/mol. The highest BCUT2D eigenvalue weighted by molar-refractivity contribution is 7.89. The van der Waals surface area contributed by atoms with Gasteiger partial charge in [-0.15, -0.1) is 0 Å². The smallest absolute Gasteiger partial charge is 0.243 e. The molecule has 1 saturated heterocycles. The minimum atomic E-state index is -3.57. The normalized spacial score (nSPS) is 17.4. The number of aliphatic hydroxyl groups is 1. The van der Waals surface area contributed by atoms with Gasteiger partial charge in [0.15, 0.2) is 0 Å². The third-order valence-electron chi connectivity index (χ3n) is 5.60. The molecule has 0 spiro atoms. The first-order valence-electron chi connectivity index (χ1n) is 10.00. The molecule has 0 saturated carbocycles. The van der Waals surface area contributed by atoms with Gasteiger partial charge < -0.3 is 5.11 Å². The van der Waals surface area contributed by atoms with Crippen molar-refractivity contribution < 1.29 is 13.5 Å². The zero-order valence-corrected chi connectivity index (χ0v) is 17.1. The van der Waals surface area contributed by atoms with Gasteiger partial charge >= 0.3 is 0 Å². The average Bonchev–Trinajstić information content (AvgIpc) is 2.78. The van der Waals surface area contributed by atoms with Crippen molar-refractivity contribution in [2.75, 3.05) is 26.2 Å².